The Labute approximate surface area is 83.2 Å². The SMILES string of the molecule is C[C@H](O)C(=O)OC(=O)CCCCCN. The van der Waals surface area contributed by atoms with Crippen LogP contribution in [0, 0.1) is 0 Å². The normalized spacial score (nSPS) is 12.2. The lowest BCUT2D eigenvalue weighted by molar-refractivity contribution is -0.165. The zero-order valence-electron chi connectivity index (χ0n) is 8.36. The predicted molar refractivity (Wildman–Crippen MR) is 50.3 cm³/mol. The van der Waals surface area contributed by atoms with E-state index in [-0.39, 0.29) is 6.42 Å². The number of carbonyl (C=O) groups excluding carboxylic acids is 2. The molecule has 0 aromatic rings. The molecule has 0 amide bonds. The van der Waals surface area contributed by atoms with Gasteiger partial charge in [-0.25, -0.2) is 4.79 Å². The molecule has 0 rings (SSSR count). The molecular weight excluding hydrogens is 186 g/mol. The molecule has 1 atom stereocenters. The smallest absolute Gasteiger partial charge is 0.342 e. The monoisotopic (exact) mass is 203 g/mol. The Kier molecular flexibility index (Phi) is 6.96. The van der Waals surface area contributed by atoms with E-state index in [0.717, 1.165) is 12.8 Å². The minimum Gasteiger partial charge on any atom is -0.391 e. The third-order valence-electron chi connectivity index (χ3n) is 1.64. The Hall–Kier alpha value is -0.940. The van der Waals surface area contributed by atoms with Gasteiger partial charge in [-0.1, -0.05) is 6.42 Å². The lowest BCUT2D eigenvalue weighted by atomic mass is 10.2. The molecule has 0 bridgehead atoms. The fourth-order valence-electron chi connectivity index (χ4n) is 0.839. The van der Waals surface area contributed by atoms with Gasteiger partial charge in [-0.05, 0) is 26.3 Å². The van der Waals surface area contributed by atoms with Crippen molar-refractivity contribution < 1.29 is 19.4 Å². The summed E-state index contributed by atoms with van der Waals surface area (Å²) in [6.45, 7) is 1.85. The van der Waals surface area contributed by atoms with Gasteiger partial charge in [-0.15, -0.1) is 0 Å². The van der Waals surface area contributed by atoms with Gasteiger partial charge in [-0.3, -0.25) is 4.79 Å². The Morgan fingerprint density at radius 2 is 2.00 bits per heavy atom. The van der Waals surface area contributed by atoms with Crippen molar-refractivity contribution in [3.63, 3.8) is 0 Å². The molecule has 5 heteroatoms. The summed E-state index contributed by atoms with van der Waals surface area (Å²) in [5.74, 6) is -1.48. The van der Waals surface area contributed by atoms with E-state index in [9.17, 15) is 9.59 Å². The van der Waals surface area contributed by atoms with Crippen molar-refractivity contribution in [1.82, 2.24) is 0 Å². The highest BCUT2D eigenvalue weighted by Crippen LogP contribution is 2.01. The molecule has 0 radical (unpaired) electrons. The Morgan fingerprint density at radius 1 is 1.36 bits per heavy atom. The minimum absolute atomic E-state index is 0.193. The van der Waals surface area contributed by atoms with Crippen molar-refractivity contribution in [2.24, 2.45) is 5.73 Å². The van der Waals surface area contributed by atoms with E-state index in [1.165, 1.54) is 6.92 Å². The second kappa shape index (κ2) is 7.46. The van der Waals surface area contributed by atoms with Crippen molar-refractivity contribution in [2.75, 3.05) is 6.54 Å². The molecule has 0 aromatic carbocycles. The topological polar surface area (TPSA) is 89.6 Å². The number of esters is 2. The average Bonchev–Trinajstić information content (AvgIpc) is 2.12. The molecule has 0 aliphatic heterocycles. The van der Waals surface area contributed by atoms with E-state index >= 15 is 0 Å². The number of aliphatic hydroxyl groups excluding tert-OH is 1. The number of nitrogens with two attached hydrogens (primary N) is 1. The lowest BCUT2D eigenvalue weighted by Gasteiger charge is -2.04. The summed E-state index contributed by atoms with van der Waals surface area (Å²) in [7, 11) is 0. The summed E-state index contributed by atoms with van der Waals surface area (Å²) < 4.78 is 4.33. The van der Waals surface area contributed by atoms with Gasteiger partial charge < -0.3 is 15.6 Å². The van der Waals surface area contributed by atoms with Crippen molar-refractivity contribution in [3.05, 3.63) is 0 Å². The number of unbranched alkanes of at least 4 members (excludes halogenated alkanes) is 2. The summed E-state index contributed by atoms with van der Waals surface area (Å²) in [5, 5.41) is 8.74. The van der Waals surface area contributed by atoms with Crippen LogP contribution in [-0.4, -0.2) is 29.7 Å². The summed E-state index contributed by atoms with van der Waals surface area (Å²) in [5.41, 5.74) is 5.26. The van der Waals surface area contributed by atoms with Crippen LogP contribution >= 0.6 is 0 Å². The first-order chi connectivity index (χ1) is 6.57. The molecular formula is C9H17NO4. The average molecular weight is 203 g/mol. The van der Waals surface area contributed by atoms with E-state index in [2.05, 4.69) is 4.74 Å². The Morgan fingerprint density at radius 3 is 2.50 bits per heavy atom. The van der Waals surface area contributed by atoms with Crippen LogP contribution in [0.15, 0.2) is 0 Å². The highest BCUT2D eigenvalue weighted by atomic mass is 16.6. The van der Waals surface area contributed by atoms with Crippen LogP contribution in [-0.2, 0) is 14.3 Å². The highest BCUT2D eigenvalue weighted by molar-refractivity contribution is 5.87. The molecule has 0 saturated carbocycles. The number of aliphatic hydroxyl groups is 1. The van der Waals surface area contributed by atoms with Crippen LogP contribution in [0.3, 0.4) is 0 Å². The summed E-state index contributed by atoms with van der Waals surface area (Å²) in [6.07, 6.45) is 1.30. The molecule has 3 N–H and O–H groups in total. The van der Waals surface area contributed by atoms with Gasteiger partial charge in [0.15, 0.2) is 0 Å². The molecule has 0 aliphatic carbocycles. The van der Waals surface area contributed by atoms with E-state index in [4.69, 9.17) is 10.8 Å². The zero-order valence-corrected chi connectivity index (χ0v) is 8.36. The third kappa shape index (κ3) is 6.56. The fourth-order valence-corrected chi connectivity index (χ4v) is 0.839. The zero-order chi connectivity index (χ0) is 11.0. The van der Waals surface area contributed by atoms with Gasteiger partial charge in [0, 0.05) is 6.42 Å². The molecule has 0 saturated heterocycles. The molecule has 0 unspecified atom stereocenters. The van der Waals surface area contributed by atoms with Gasteiger partial charge in [0.25, 0.3) is 0 Å². The van der Waals surface area contributed by atoms with Crippen LogP contribution in [0.1, 0.15) is 32.6 Å². The molecule has 0 aliphatic rings. The van der Waals surface area contributed by atoms with Gasteiger partial charge >= 0.3 is 11.9 Å². The number of ether oxygens (including phenoxy) is 1. The van der Waals surface area contributed by atoms with Crippen molar-refractivity contribution in [3.8, 4) is 0 Å². The van der Waals surface area contributed by atoms with Crippen LogP contribution in [0.25, 0.3) is 0 Å². The lowest BCUT2D eigenvalue weighted by Crippen LogP contribution is -2.22. The maximum absolute atomic E-state index is 10.9. The summed E-state index contributed by atoms with van der Waals surface area (Å²) in [6, 6.07) is 0. The molecule has 0 aromatic heterocycles. The van der Waals surface area contributed by atoms with Gasteiger partial charge in [0.2, 0.25) is 0 Å². The second-order valence-corrected chi connectivity index (χ2v) is 3.07. The Balaban J connectivity index is 3.51. The van der Waals surface area contributed by atoms with Crippen molar-refractivity contribution >= 4 is 11.9 Å². The molecule has 0 heterocycles. The summed E-state index contributed by atoms with van der Waals surface area (Å²) in [4.78, 5) is 21.7. The number of carbonyl (C=O) groups is 2. The van der Waals surface area contributed by atoms with E-state index < -0.39 is 18.0 Å². The van der Waals surface area contributed by atoms with Gasteiger partial charge in [-0.2, -0.15) is 0 Å². The van der Waals surface area contributed by atoms with E-state index in [0.29, 0.717) is 13.0 Å². The van der Waals surface area contributed by atoms with Crippen molar-refractivity contribution in [2.45, 2.75) is 38.7 Å². The number of hydrogen-bond acceptors (Lipinski definition) is 5. The predicted octanol–water partition coefficient (Wildman–Crippen LogP) is -0.0439. The highest BCUT2D eigenvalue weighted by Gasteiger charge is 2.14. The standard InChI is InChI=1S/C9H17NO4/c1-7(11)9(13)14-8(12)5-3-2-4-6-10/h7,11H,2-6,10H2,1H3/t7-/m0/s1. The van der Waals surface area contributed by atoms with Crippen LogP contribution in [0.2, 0.25) is 0 Å². The molecule has 82 valence electrons. The van der Waals surface area contributed by atoms with Gasteiger partial charge in [0.1, 0.15) is 6.10 Å². The second-order valence-electron chi connectivity index (χ2n) is 3.07. The molecule has 0 fully saturated rings. The summed E-state index contributed by atoms with van der Waals surface area (Å²) >= 11 is 0. The van der Waals surface area contributed by atoms with Crippen LogP contribution in [0.5, 0.6) is 0 Å². The van der Waals surface area contributed by atoms with Crippen molar-refractivity contribution in [1.29, 1.82) is 0 Å². The molecule has 5 nitrogen and oxygen atoms in total. The molecule has 0 spiro atoms. The number of rotatable bonds is 6. The maximum atomic E-state index is 10.9. The quantitative estimate of drug-likeness (QED) is 0.359. The first-order valence-corrected chi connectivity index (χ1v) is 4.70. The van der Waals surface area contributed by atoms with Gasteiger partial charge in [0.05, 0.1) is 0 Å². The first-order valence-electron chi connectivity index (χ1n) is 4.70. The Bertz CT molecular complexity index is 191. The first kappa shape index (κ1) is 13.1. The van der Waals surface area contributed by atoms with E-state index in [1.54, 1.807) is 0 Å². The van der Waals surface area contributed by atoms with Crippen LogP contribution in [0.4, 0.5) is 0 Å². The minimum atomic E-state index is -1.25. The van der Waals surface area contributed by atoms with Crippen LogP contribution < -0.4 is 5.73 Å². The fraction of sp³-hybridized carbons (Fsp3) is 0.778. The largest absolute Gasteiger partial charge is 0.391 e. The van der Waals surface area contributed by atoms with E-state index in [1.807, 2.05) is 0 Å². The molecule has 14 heavy (non-hydrogen) atoms. The maximum Gasteiger partial charge on any atom is 0.342 e. The number of hydrogen-bond donors (Lipinski definition) is 2. The third-order valence-corrected chi connectivity index (χ3v) is 1.64.